The van der Waals surface area contributed by atoms with Gasteiger partial charge in [0.2, 0.25) is 0 Å². The Kier molecular flexibility index (Phi) is 4.87. The number of carbonyl (C=O) groups excluding carboxylic acids is 1. The molecule has 0 aliphatic rings. The van der Waals surface area contributed by atoms with Crippen molar-refractivity contribution in [3.05, 3.63) is 69.7 Å². The van der Waals surface area contributed by atoms with Gasteiger partial charge in [-0.1, -0.05) is 52.4 Å². The Morgan fingerprint density at radius 3 is 2.55 bits per heavy atom. The zero-order valence-electron chi connectivity index (χ0n) is 10.6. The number of halogens is 1. The molecule has 0 radical (unpaired) electrons. The first-order valence-electron chi connectivity index (χ1n) is 5.99. The van der Waals surface area contributed by atoms with E-state index in [0.717, 1.165) is 15.6 Å². The molecule has 0 aliphatic carbocycles. The predicted molar refractivity (Wildman–Crippen MR) is 87.6 cm³/mol. The highest BCUT2D eigenvalue weighted by Gasteiger charge is 2.06. The number of carbonyl (C=O) groups is 1. The van der Waals surface area contributed by atoms with Gasteiger partial charge in [0.1, 0.15) is 4.99 Å². The van der Waals surface area contributed by atoms with Gasteiger partial charge in [-0.3, -0.25) is 4.79 Å². The Labute approximate surface area is 131 Å². The van der Waals surface area contributed by atoms with Crippen LogP contribution in [0.3, 0.4) is 0 Å². The Morgan fingerprint density at radius 2 is 1.85 bits per heavy atom. The molecule has 0 bridgehead atoms. The van der Waals surface area contributed by atoms with Crippen LogP contribution in [0, 0.1) is 0 Å². The second-order valence-corrected chi connectivity index (χ2v) is 5.61. The Morgan fingerprint density at radius 1 is 1.15 bits per heavy atom. The molecule has 3 nitrogen and oxygen atoms in total. The van der Waals surface area contributed by atoms with E-state index in [4.69, 9.17) is 18.0 Å². The van der Waals surface area contributed by atoms with Crippen molar-refractivity contribution in [2.45, 2.75) is 6.54 Å². The molecule has 102 valence electrons. The molecular weight excluding hydrogens is 336 g/mol. The first-order chi connectivity index (χ1) is 9.56. The summed E-state index contributed by atoms with van der Waals surface area (Å²) in [4.78, 5) is 12.4. The summed E-state index contributed by atoms with van der Waals surface area (Å²) in [6.45, 7) is 0.432. The minimum absolute atomic E-state index is 0.118. The quantitative estimate of drug-likeness (QED) is 0.835. The van der Waals surface area contributed by atoms with Gasteiger partial charge < -0.3 is 11.1 Å². The fourth-order valence-corrected chi connectivity index (χ4v) is 2.27. The molecule has 5 heteroatoms. The lowest BCUT2D eigenvalue weighted by Crippen LogP contribution is -2.23. The van der Waals surface area contributed by atoms with E-state index < -0.39 is 0 Å². The van der Waals surface area contributed by atoms with Crippen molar-refractivity contribution in [3.63, 3.8) is 0 Å². The monoisotopic (exact) mass is 348 g/mol. The fourth-order valence-electron chi connectivity index (χ4n) is 1.75. The third-order valence-corrected chi connectivity index (χ3v) is 3.48. The highest BCUT2D eigenvalue weighted by Crippen LogP contribution is 2.12. The molecule has 3 N–H and O–H groups in total. The van der Waals surface area contributed by atoms with E-state index in [1.54, 1.807) is 12.1 Å². The van der Waals surface area contributed by atoms with Gasteiger partial charge in [0.15, 0.2) is 0 Å². The number of benzene rings is 2. The second kappa shape index (κ2) is 6.63. The molecule has 0 saturated carbocycles. The van der Waals surface area contributed by atoms with Gasteiger partial charge in [-0.25, -0.2) is 0 Å². The number of nitrogens with two attached hydrogens (primary N) is 1. The van der Waals surface area contributed by atoms with E-state index in [9.17, 15) is 4.79 Å². The van der Waals surface area contributed by atoms with Gasteiger partial charge in [0.25, 0.3) is 5.91 Å². The van der Waals surface area contributed by atoms with Crippen molar-refractivity contribution in [1.82, 2.24) is 5.32 Å². The van der Waals surface area contributed by atoms with Crippen molar-refractivity contribution in [2.75, 3.05) is 0 Å². The summed E-state index contributed by atoms with van der Waals surface area (Å²) in [5, 5.41) is 2.86. The van der Waals surface area contributed by atoms with Crippen LogP contribution >= 0.6 is 28.1 Å². The van der Waals surface area contributed by atoms with Crippen LogP contribution in [0.25, 0.3) is 0 Å². The van der Waals surface area contributed by atoms with Crippen molar-refractivity contribution in [2.24, 2.45) is 5.73 Å². The SMILES string of the molecule is NC(=S)c1cccc(CNC(=O)c2cccc(Br)c2)c1. The Balaban J connectivity index is 2.03. The maximum atomic E-state index is 12.0. The zero-order valence-corrected chi connectivity index (χ0v) is 13.0. The number of hydrogen-bond acceptors (Lipinski definition) is 2. The van der Waals surface area contributed by atoms with Crippen molar-refractivity contribution < 1.29 is 4.79 Å². The number of rotatable bonds is 4. The van der Waals surface area contributed by atoms with Gasteiger partial charge in [-0.2, -0.15) is 0 Å². The van der Waals surface area contributed by atoms with Crippen LogP contribution in [0.1, 0.15) is 21.5 Å². The van der Waals surface area contributed by atoms with Crippen LogP contribution in [-0.2, 0) is 6.54 Å². The molecule has 0 aliphatic heterocycles. The van der Waals surface area contributed by atoms with E-state index in [0.29, 0.717) is 17.1 Å². The molecule has 0 unspecified atom stereocenters. The second-order valence-electron chi connectivity index (χ2n) is 4.26. The summed E-state index contributed by atoms with van der Waals surface area (Å²) in [6, 6.07) is 14.8. The fraction of sp³-hybridized carbons (Fsp3) is 0.0667. The zero-order chi connectivity index (χ0) is 14.5. The molecule has 0 fully saturated rings. The number of nitrogens with one attached hydrogen (secondary N) is 1. The van der Waals surface area contributed by atoms with Crippen LogP contribution in [0.15, 0.2) is 53.0 Å². The third kappa shape index (κ3) is 3.88. The van der Waals surface area contributed by atoms with Crippen molar-refractivity contribution in [1.29, 1.82) is 0 Å². The summed E-state index contributed by atoms with van der Waals surface area (Å²) < 4.78 is 0.876. The Bertz CT molecular complexity index is 658. The summed E-state index contributed by atoms with van der Waals surface area (Å²) in [5.74, 6) is -0.118. The average molecular weight is 349 g/mol. The van der Waals surface area contributed by atoms with E-state index in [1.165, 1.54) is 0 Å². The van der Waals surface area contributed by atoms with Crippen molar-refractivity contribution >= 4 is 39.0 Å². The predicted octanol–water partition coefficient (Wildman–Crippen LogP) is 3.01. The maximum absolute atomic E-state index is 12.0. The van der Waals surface area contributed by atoms with E-state index in [1.807, 2.05) is 36.4 Å². The van der Waals surface area contributed by atoms with Crippen LogP contribution in [0.2, 0.25) is 0 Å². The molecule has 0 spiro atoms. The molecule has 0 atom stereocenters. The third-order valence-electron chi connectivity index (χ3n) is 2.75. The summed E-state index contributed by atoms with van der Waals surface area (Å²) >= 11 is 8.28. The summed E-state index contributed by atoms with van der Waals surface area (Å²) in [7, 11) is 0. The standard InChI is InChI=1S/C15H13BrN2OS/c16-13-6-2-5-12(8-13)15(19)18-9-10-3-1-4-11(7-10)14(17)20/h1-8H,9H2,(H2,17,20)(H,18,19). The normalized spacial score (nSPS) is 10.1. The van der Waals surface area contributed by atoms with E-state index in [2.05, 4.69) is 21.2 Å². The molecule has 0 heterocycles. The van der Waals surface area contributed by atoms with E-state index in [-0.39, 0.29) is 5.91 Å². The van der Waals surface area contributed by atoms with Gasteiger partial charge in [0, 0.05) is 22.1 Å². The van der Waals surface area contributed by atoms with Crippen LogP contribution in [0.5, 0.6) is 0 Å². The Hall–Kier alpha value is -1.72. The first-order valence-corrected chi connectivity index (χ1v) is 7.19. The van der Waals surface area contributed by atoms with Crippen LogP contribution < -0.4 is 11.1 Å². The topological polar surface area (TPSA) is 55.1 Å². The largest absolute Gasteiger partial charge is 0.389 e. The lowest BCUT2D eigenvalue weighted by atomic mass is 10.1. The smallest absolute Gasteiger partial charge is 0.251 e. The molecule has 0 aromatic heterocycles. The minimum atomic E-state index is -0.118. The van der Waals surface area contributed by atoms with Gasteiger partial charge in [0.05, 0.1) is 0 Å². The molecular formula is C15H13BrN2OS. The van der Waals surface area contributed by atoms with Gasteiger partial charge >= 0.3 is 0 Å². The molecule has 2 aromatic carbocycles. The molecule has 2 rings (SSSR count). The minimum Gasteiger partial charge on any atom is -0.389 e. The maximum Gasteiger partial charge on any atom is 0.251 e. The number of thiocarbonyl (C=S) groups is 1. The van der Waals surface area contributed by atoms with Gasteiger partial charge in [-0.05, 0) is 29.8 Å². The van der Waals surface area contributed by atoms with E-state index >= 15 is 0 Å². The lowest BCUT2D eigenvalue weighted by Gasteiger charge is -2.07. The molecule has 0 saturated heterocycles. The highest BCUT2D eigenvalue weighted by atomic mass is 79.9. The first kappa shape index (κ1) is 14.7. The van der Waals surface area contributed by atoms with Gasteiger partial charge in [-0.15, -0.1) is 0 Å². The lowest BCUT2D eigenvalue weighted by molar-refractivity contribution is 0.0951. The highest BCUT2D eigenvalue weighted by molar-refractivity contribution is 9.10. The number of amides is 1. The molecule has 2 aromatic rings. The van der Waals surface area contributed by atoms with Crippen molar-refractivity contribution in [3.8, 4) is 0 Å². The average Bonchev–Trinajstić information content (AvgIpc) is 2.45. The summed E-state index contributed by atoms with van der Waals surface area (Å²) in [5.41, 5.74) is 7.96. The number of hydrogen-bond donors (Lipinski definition) is 2. The molecule has 1 amide bonds. The summed E-state index contributed by atoms with van der Waals surface area (Å²) in [6.07, 6.45) is 0. The van der Waals surface area contributed by atoms with Crippen LogP contribution in [0.4, 0.5) is 0 Å². The molecule has 20 heavy (non-hydrogen) atoms. The van der Waals surface area contributed by atoms with Crippen LogP contribution in [-0.4, -0.2) is 10.9 Å².